The molecule has 2 unspecified atom stereocenters. The van der Waals surface area contributed by atoms with Gasteiger partial charge in [-0.15, -0.1) is 0 Å². The number of amides is 1. The summed E-state index contributed by atoms with van der Waals surface area (Å²) in [6, 6.07) is 11.1. The molecule has 0 saturated carbocycles. The maximum absolute atomic E-state index is 14.6. The van der Waals surface area contributed by atoms with Crippen LogP contribution in [0.1, 0.15) is 40.3 Å². The smallest absolute Gasteiger partial charge is 0.433 e. The van der Waals surface area contributed by atoms with Crippen LogP contribution in [0.4, 0.5) is 34.8 Å². The molecule has 0 aliphatic rings. The number of anilines is 3. The fourth-order valence-corrected chi connectivity index (χ4v) is 4.07. The van der Waals surface area contributed by atoms with Crippen molar-refractivity contribution in [3.05, 3.63) is 82.3 Å². The maximum Gasteiger partial charge on any atom is 0.433 e. The normalized spacial score (nSPS) is 13.2. The van der Waals surface area contributed by atoms with Crippen molar-refractivity contribution in [2.45, 2.75) is 38.8 Å². The van der Waals surface area contributed by atoms with Crippen molar-refractivity contribution in [3.8, 4) is 0 Å². The van der Waals surface area contributed by atoms with E-state index < -0.39 is 40.8 Å². The van der Waals surface area contributed by atoms with Crippen LogP contribution < -0.4 is 15.4 Å². The molecule has 0 aliphatic carbocycles. The third-order valence-electron chi connectivity index (χ3n) is 6.02. The van der Waals surface area contributed by atoms with E-state index >= 15 is 0 Å². The number of hydrogen-bond donors (Lipinski definition) is 2. The molecular formula is C25H25F4N4O3S-. The second-order valence-electron chi connectivity index (χ2n) is 8.55. The van der Waals surface area contributed by atoms with E-state index in [4.69, 9.17) is 5.73 Å². The first-order chi connectivity index (χ1) is 17.3. The fraction of sp³-hybridized carbons (Fsp3) is 0.280. The predicted octanol–water partition coefficient (Wildman–Crippen LogP) is 5.03. The lowest BCUT2D eigenvalue weighted by molar-refractivity contribution is -0.141. The minimum atomic E-state index is -4.66. The predicted molar refractivity (Wildman–Crippen MR) is 132 cm³/mol. The standard InChI is InChI=1S/C25H26F4N4O3S/c1-14-4-8-18(12-15(14)2)31-24-16(7-11-22(32-24)25(27,28)29)5-9-19(23(30)34)17-6-10-21(20(26)13-17)33(3)37(35)36/h4,6-8,10-13,19H,5,9H2,1-3H3,(H2,30,34)(H,31,32)(H,35,36)/p-1. The number of aromatic nitrogens is 1. The third-order valence-corrected chi connectivity index (χ3v) is 6.67. The largest absolute Gasteiger partial charge is 0.755 e. The lowest BCUT2D eigenvalue weighted by Gasteiger charge is -2.23. The summed E-state index contributed by atoms with van der Waals surface area (Å²) in [4.78, 5) is 16.0. The van der Waals surface area contributed by atoms with E-state index in [0.717, 1.165) is 30.3 Å². The number of aryl methyl sites for hydroxylation is 3. The fourth-order valence-electron chi connectivity index (χ4n) is 3.76. The first-order valence-electron chi connectivity index (χ1n) is 11.1. The van der Waals surface area contributed by atoms with Gasteiger partial charge in [-0.05, 0) is 79.3 Å². The van der Waals surface area contributed by atoms with Crippen molar-refractivity contribution in [2.75, 3.05) is 16.7 Å². The number of benzene rings is 2. The van der Waals surface area contributed by atoms with E-state index in [1.54, 1.807) is 12.1 Å². The summed E-state index contributed by atoms with van der Waals surface area (Å²) in [5.41, 5.74) is 7.36. The van der Waals surface area contributed by atoms with E-state index in [0.29, 0.717) is 15.6 Å². The van der Waals surface area contributed by atoms with Gasteiger partial charge in [0.2, 0.25) is 5.91 Å². The van der Waals surface area contributed by atoms with Crippen molar-refractivity contribution < 1.29 is 31.1 Å². The van der Waals surface area contributed by atoms with Crippen LogP contribution >= 0.6 is 0 Å². The highest BCUT2D eigenvalue weighted by Gasteiger charge is 2.33. The van der Waals surface area contributed by atoms with Gasteiger partial charge in [0.25, 0.3) is 0 Å². The quantitative estimate of drug-likeness (QED) is 0.294. The average molecular weight is 538 g/mol. The molecule has 3 aromatic rings. The molecular weight excluding hydrogens is 512 g/mol. The van der Waals surface area contributed by atoms with Crippen LogP contribution in [0.3, 0.4) is 0 Å². The van der Waals surface area contributed by atoms with Crippen molar-refractivity contribution >= 4 is 34.4 Å². The Morgan fingerprint density at radius 2 is 1.84 bits per heavy atom. The van der Waals surface area contributed by atoms with Crippen LogP contribution in [-0.4, -0.2) is 26.7 Å². The number of nitrogens with zero attached hydrogens (tertiary/aromatic N) is 2. The van der Waals surface area contributed by atoms with Gasteiger partial charge in [0.1, 0.15) is 17.3 Å². The molecule has 0 saturated heterocycles. The zero-order valence-electron chi connectivity index (χ0n) is 20.2. The monoisotopic (exact) mass is 537 g/mol. The van der Waals surface area contributed by atoms with Crippen LogP contribution in [0.25, 0.3) is 0 Å². The molecule has 3 N–H and O–H groups in total. The maximum atomic E-state index is 14.6. The van der Waals surface area contributed by atoms with Crippen LogP contribution in [-0.2, 0) is 28.7 Å². The van der Waals surface area contributed by atoms with Gasteiger partial charge in [-0.25, -0.2) is 9.37 Å². The number of halogens is 4. The van der Waals surface area contributed by atoms with Gasteiger partial charge in [-0.1, -0.05) is 18.2 Å². The molecule has 1 heterocycles. The van der Waals surface area contributed by atoms with Crippen LogP contribution in [0.15, 0.2) is 48.5 Å². The lowest BCUT2D eigenvalue weighted by Crippen LogP contribution is -2.23. The van der Waals surface area contributed by atoms with Crippen molar-refractivity contribution in [1.29, 1.82) is 0 Å². The summed E-state index contributed by atoms with van der Waals surface area (Å²) >= 11 is -2.70. The second kappa shape index (κ2) is 11.3. The van der Waals surface area contributed by atoms with E-state index in [-0.39, 0.29) is 29.9 Å². The zero-order chi connectivity index (χ0) is 27.5. The number of hydrogen-bond acceptors (Lipinski definition) is 5. The summed E-state index contributed by atoms with van der Waals surface area (Å²) in [6.45, 7) is 3.78. The van der Waals surface area contributed by atoms with Crippen molar-refractivity contribution in [1.82, 2.24) is 4.98 Å². The van der Waals surface area contributed by atoms with E-state index in [1.165, 1.54) is 18.2 Å². The molecule has 0 bridgehead atoms. The molecule has 0 spiro atoms. The highest BCUT2D eigenvalue weighted by atomic mass is 32.2. The number of primary amides is 1. The number of carbonyl (C=O) groups is 1. The Morgan fingerprint density at radius 1 is 1.14 bits per heavy atom. The average Bonchev–Trinajstić information content (AvgIpc) is 2.81. The molecule has 1 amide bonds. The van der Waals surface area contributed by atoms with Gasteiger partial charge < -0.3 is 19.9 Å². The second-order valence-corrected chi connectivity index (χ2v) is 9.53. The van der Waals surface area contributed by atoms with Crippen molar-refractivity contribution in [3.63, 3.8) is 0 Å². The molecule has 0 fully saturated rings. The van der Waals surface area contributed by atoms with Gasteiger partial charge in [0.05, 0.1) is 11.6 Å². The molecule has 0 aliphatic heterocycles. The zero-order valence-corrected chi connectivity index (χ0v) is 21.0. The Hall–Kier alpha value is -3.51. The number of pyridine rings is 1. The molecule has 198 valence electrons. The highest BCUT2D eigenvalue weighted by Crippen LogP contribution is 2.33. The molecule has 12 heteroatoms. The van der Waals surface area contributed by atoms with Gasteiger partial charge in [-0.3, -0.25) is 9.00 Å². The number of carbonyl (C=O) groups excluding carboxylic acids is 1. The minimum Gasteiger partial charge on any atom is -0.755 e. The van der Waals surface area contributed by atoms with E-state index in [1.807, 2.05) is 19.9 Å². The molecule has 1 aromatic heterocycles. The van der Waals surface area contributed by atoms with Crippen LogP contribution in [0.2, 0.25) is 0 Å². The Balaban J connectivity index is 1.91. The van der Waals surface area contributed by atoms with E-state index in [2.05, 4.69) is 10.3 Å². The molecule has 3 rings (SSSR count). The van der Waals surface area contributed by atoms with Crippen LogP contribution in [0, 0.1) is 19.7 Å². The van der Waals surface area contributed by atoms with Gasteiger partial charge in [-0.2, -0.15) is 13.2 Å². The lowest BCUT2D eigenvalue weighted by atomic mass is 9.91. The Morgan fingerprint density at radius 3 is 2.41 bits per heavy atom. The van der Waals surface area contributed by atoms with Crippen LogP contribution in [0.5, 0.6) is 0 Å². The molecule has 37 heavy (non-hydrogen) atoms. The SMILES string of the molecule is Cc1ccc(Nc2nc(C(F)(F)F)ccc2CCC(C(N)=O)c2ccc(N(C)S(=O)[O-])c(F)c2)cc1C. The number of nitrogens with one attached hydrogen (secondary N) is 1. The molecule has 0 radical (unpaired) electrons. The van der Waals surface area contributed by atoms with E-state index in [9.17, 15) is 31.1 Å². The Kier molecular flexibility index (Phi) is 8.54. The summed E-state index contributed by atoms with van der Waals surface area (Å²) < 4.78 is 77.6. The third kappa shape index (κ3) is 6.83. The Labute approximate surface area is 214 Å². The molecule has 2 atom stereocenters. The number of alkyl halides is 3. The summed E-state index contributed by atoms with van der Waals surface area (Å²) in [7, 11) is 1.16. The Bertz CT molecular complexity index is 1330. The van der Waals surface area contributed by atoms with Crippen molar-refractivity contribution in [2.24, 2.45) is 5.73 Å². The summed E-state index contributed by atoms with van der Waals surface area (Å²) in [5, 5.41) is 2.93. The molecule has 7 nitrogen and oxygen atoms in total. The van der Waals surface area contributed by atoms with Gasteiger partial charge in [0, 0.05) is 24.0 Å². The number of nitrogens with two attached hydrogens (primary N) is 1. The summed E-state index contributed by atoms with van der Waals surface area (Å²) in [5.74, 6) is -2.65. The summed E-state index contributed by atoms with van der Waals surface area (Å²) in [6.07, 6.45) is -4.51. The molecule has 2 aromatic carbocycles. The first-order valence-corrected chi connectivity index (χ1v) is 12.1. The first kappa shape index (κ1) is 28.1. The van der Waals surface area contributed by atoms with Gasteiger partial charge in [0.15, 0.2) is 0 Å². The number of rotatable bonds is 9. The minimum absolute atomic E-state index is 0.0256. The highest BCUT2D eigenvalue weighted by molar-refractivity contribution is 7.80. The van der Waals surface area contributed by atoms with Gasteiger partial charge >= 0.3 is 6.18 Å². The topological polar surface area (TPSA) is 111 Å².